The molecule has 0 aliphatic carbocycles. The SMILES string of the molecule is CCNC(=NCC(=O)N1CCCC1)N(C)Cc1ccc(OC)cc1OC.I. The smallest absolute Gasteiger partial charge is 0.244 e. The van der Waals surface area contributed by atoms with Crippen LogP contribution in [0.3, 0.4) is 0 Å². The van der Waals surface area contributed by atoms with Gasteiger partial charge in [-0.25, -0.2) is 4.99 Å². The minimum atomic E-state index is 0. The van der Waals surface area contributed by atoms with Gasteiger partial charge in [0.15, 0.2) is 5.96 Å². The molecule has 1 amide bonds. The molecule has 1 aliphatic rings. The summed E-state index contributed by atoms with van der Waals surface area (Å²) in [4.78, 5) is 20.6. The number of benzene rings is 1. The standard InChI is InChI=1S/C19H30N4O3.HI/c1-5-20-19(21-13-18(24)23-10-6-7-11-23)22(2)14-15-8-9-16(25-3)12-17(15)26-4;/h8-9,12H,5-7,10-11,13-14H2,1-4H3,(H,20,21);1H. The highest BCUT2D eigenvalue weighted by molar-refractivity contribution is 14.0. The van der Waals surface area contributed by atoms with E-state index in [0.29, 0.717) is 12.5 Å². The van der Waals surface area contributed by atoms with Crippen LogP contribution in [0.1, 0.15) is 25.3 Å². The summed E-state index contributed by atoms with van der Waals surface area (Å²) in [5, 5.41) is 3.25. The number of ether oxygens (including phenoxy) is 2. The number of methoxy groups -OCH3 is 2. The molecule has 2 rings (SSSR count). The number of amides is 1. The van der Waals surface area contributed by atoms with Gasteiger partial charge in [0.05, 0.1) is 14.2 Å². The first-order chi connectivity index (χ1) is 12.6. The number of hydrogen-bond acceptors (Lipinski definition) is 4. The molecule has 1 heterocycles. The van der Waals surface area contributed by atoms with E-state index in [4.69, 9.17) is 9.47 Å². The second-order valence-electron chi connectivity index (χ2n) is 6.29. The number of aliphatic imine (C=N–C) groups is 1. The molecule has 0 bridgehead atoms. The van der Waals surface area contributed by atoms with Crippen LogP contribution in [0.4, 0.5) is 0 Å². The molecule has 0 aromatic heterocycles. The van der Waals surface area contributed by atoms with Gasteiger partial charge in [0, 0.05) is 44.9 Å². The number of halogens is 1. The maximum absolute atomic E-state index is 12.2. The Hall–Kier alpha value is -1.71. The topological polar surface area (TPSA) is 66.4 Å². The third-order valence-electron chi connectivity index (χ3n) is 4.42. The maximum Gasteiger partial charge on any atom is 0.244 e. The molecule has 8 heteroatoms. The van der Waals surface area contributed by atoms with Crippen LogP contribution < -0.4 is 14.8 Å². The van der Waals surface area contributed by atoms with Crippen molar-refractivity contribution in [3.63, 3.8) is 0 Å². The van der Waals surface area contributed by atoms with Gasteiger partial charge in [0.25, 0.3) is 0 Å². The highest BCUT2D eigenvalue weighted by Gasteiger charge is 2.18. The molecule has 1 saturated heterocycles. The minimum absolute atomic E-state index is 0. The van der Waals surface area contributed by atoms with Gasteiger partial charge >= 0.3 is 0 Å². The Balaban J connectivity index is 0.00000364. The van der Waals surface area contributed by atoms with Gasteiger partial charge < -0.3 is 24.6 Å². The van der Waals surface area contributed by atoms with E-state index in [1.807, 2.05) is 42.0 Å². The molecule has 27 heavy (non-hydrogen) atoms. The van der Waals surface area contributed by atoms with Crippen molar-refractivity contribution in [1.82, 2.24) is 15.1 Å². The summed E-state index contributed by atoms with van der Waals surface area (Å²) < 4.78 is 10.7. The fourth-order valence-corrected chi connectivity index (χ4v) is 2.99. The number of carbonyl (C=O) groups excluding carboxylic acids is 1. The van der Waals surface area contributed by atoms with E-state index in [1.165, 1.54) is 0 Å². The number of nitrogens with zero attached hydrogens (tertiary/aromatic N) is 3. The third-order valence-corrected chi connectivity index (χ3v) is 4.42. The first-order valence-electron chi connectivity index (χ1n) is 9.07. The van der Waals surface area contributed by atoms with Gasteiger partial charge in [0.1, 0.15) is 18.0 Å². The predicted octanol–water partition coefficient (Wildman–Crippen LogP) is 2.34. The Labute approximate surface area is 179 Å². The number of hydrogen-bond donors (Lipinski definition) is 1. The maximum atomic E-state index is 12.2. The molecule has 1 aromatic carbocycles. The average molecular weight is 490 g/mol. The Morgan fingerprint density at radius 1 is 1.26 bits per heavy atom. The monoisotopic (exact) mass is 490 g/mol. The zero-order valence-electron chi connectivity index (χ0n) is 16.7. The van der Waals surface area contributed by atoms with Crippen LogP contribution in [0.5, 0.6) is 11.5 Å². The first-order valence-corrected chi connectivity index (χ1v) is 9.07. The largest absolute Gasteiger partial charge is 0.497 e. The number of nitrogens with one attached hydrogen (secondary N) is 1. The van der Waals surface area contributed by atoms with Crippen molar-refractivity contribution in [2.24, 2.45) is 4.99 Å². The summed E-state index contributed by atoms with van der Waals surface area (Å²) in [6, 6.07) is 5.75. The summed E-state index contributed by atoms with van der Waals surface area (Å²) in [6.45, 7) is 5.23. The number of rotatable bonds is 7. The van der Waals surface area contributed by atoms with Crippen LogP contribution in [0.25, 0.3) is 0 Å². The molecule has 7 nitrogen and oxygen atoms in total. The number of likely N-dealkylation sites (tertiary alicyclic amines) is 1. The second kappa shape index (κ2) is 11.9. The summed E-state index contributed by atoms with van der Waals surface area (Å²) in [7, 11) is 5.23. The van der Waals surface area contributed by atoms with Gasteiger partial charge in [-0.15, -0.1) is 24.0 Å². The van der Waals surface area contributed by atoms with E-state index < -0.39 is 0 Å². The molecule has 0 radical (unpaired) electrons. The summed E-state index contributed by atoms with van der Waals surface area (Å²) in [5.74, 6) is 2.32. The van der Waals surface area contributed by atoms with Crippen molar-refractivity contribution in [2.75, 3.05) is 47.4 Å². The molecule has 1 fully saturated rings. The van der Waals surface area contributed by atoms with Crippen molar-refractivity contribution in [1.29, 1.82) is 0 Å². The van der Waals surface area contributed by atoms with Crippen molar-refractivity contribution >= 4 is 35.8 Å². The van der Waals surface area contributed by atoms with E-state index in [-0.39, 0.29) is 36.4 Å². The van der Waals surface area contributed by atoms with Gasteiger partial charge in [-0.2, -0.15) is 0 Å². The Morgan fingerprint density at radius 3 is 2.56 bits per heavy atom. The number of carbonyl (C=O) groups is 1. The first kappa shape index (κ1) is 23.3. The lowest BCUT2D eigenvalue weighted by Crippen LogP contribution is -2.39. The van der Waals surface area contributed by atoms with Gasteiger partial charge in [-0.05, 0) is 31.9 Å². The van der Waals surface area contributed by atoms with E-state index in [1.54, 1.807) is 14.2 Å². The van der Waals surface area contributed by atoms with E-state index in [9.17, 15) is 4.79 Å². The van der Waals surface area contributed by atoms with Gasteiger partial charge in [0.2, 0.25) is 5.91 Å². The molecule has 152 valence electrons. The van der Waals surface area contributed by atoms with Crippen LogP contribution >= 0.6 is 24.0 Å². The lowest BCUT2D eigenvalue weighted by molar-refractivity contribution is -0.128. The fraction of sp³-hybridized carbons (Fsp3) is 0.579. The summed E-state index contributed by atoms with van der Waals surface area (Å²) in [6.07, 6.45) is 2.18. The zero-order chi connectivity index (χ0) is 18.9. The molecule has 0 spiro atoms. The molecule has 0 unspecified atom stereocenters. The van der Waals surface area contributed by atoms with E-state index in [2.05, 4.69) is 10.3 Å². The van der Waals surface area contributed by atoms with Crippen LogP contribution in [-0.2, 0) is 11.3 Å². The van der Waals surface area contributed by atoms with Crippen molar-refractivity contribution < 1.29 is 14.3 Å². The lowest BCUT2D eigenvalue weighted by Gasteiger charge is -2.23. The highest BCUT2D eigenvalue weighted by Crippen LogP contribution is 2.25. The molecule has 1 aromatic rings. The Bertz CT molecular complexity index is 633. The van der Waals surface area contributed by atoms with Crippen molar-refractivity contribution in [3.8, 4) is 11.5 Å². The van der Waals surface area contributed by atoms with Gasteiger partial charge in [-0.3, -0.25) is 4.79 Å². The molecule has 0 saturated carbocycles. The van der Waals surface area contributed by atoms with Crippen LogP contribution in [0.2, 0.25) is 0 Å². The van der Waals surface area contributed by atoms with E-state index >= 15 is 0 Å². The normalized spacial score (nSPS) is 13.8. The lowest BCUT2D eigenvalue weighted by atomic mass is 10.2. The zero-order valence-corrected chi connectivity index (χ0v) is 19.0. The minimum Gasteiger partial charge on any atom is -0.497 e. The highest BCUT2D eigenvalue weighted by atomic mass is 127. The summed E-state index contributed by atoms with van der Waals surface area (Å²) >= 11 is 0. The number of guanidine groups is 1. The predicted molar refractivity (Wildman–Crippen MR) is 118 cm³/mol. The third kappa shape index (κ3) is 6.75. The molecular formula is C19H31IN4O3. The second-order valence-corrected chi connectivity index (χ2v) is 6.29. The van der Waals surface area contributed by atoms with Gasteiger partial charge in [-0.1, -0.05) is 0 Å². The van der Waals surface area contributed by atoms with Crippen LogP contribution in [0.15, 0.2) is 23.2 Å². The van der Waals surface area contributed by atoms with Crippen LogP contribution in [-0.4, -0.2) is 69.1 Å². The van der Waals surface area contributed by atoms with Crippen LogP contribution in [0, 0.1) is 0 Å². The average Bonchev–Trinajstić information content (AvgIpc) is 3.19. The molecule has 0 atom stereocenters. The van der Waals surface area contributed by atoms with Crippen molar-refractivity contribution in [2.45, 2.75) is 26.3 Å². The summed E-state index contributed by atoms with van der Waals surface area (Å²) in [5.41, 5.74) is 1.02. The molecule has 1 N–H and O–H groups in total. The Kier molecular flexibility index (Phi) is 10.3. The quantitative estimate of drug-likeness (QED) is 0.361. The Morgan fingerprint density at radius 2 is 1.96 bits per heavy atom. The molecular weight excluding hydrogens is 459 g/mol. The van der Waals surface area contributed by atoms with E-state index in [0.717, 1.165) is 49.5 Å². The molecule has 1 aliphatic heterocycles. The fourth-order valence-electron chi connectivity index (χ4n) is 2.99. The van der Waals surface area contributed by atoms with Crippen molar-refractivity contribution in [3.05, 3.63) is 23.8 Å².